The maximum atomic E-state index is 12.7. The van der Waals surface area contributed by atoms with Crippen LogP contribution in [0.15, 0.2) is 36.7 Å². The molecule has 1 N–H and O–H groups in total. The Morgan fingerprint density at radius 2 is 1.97 bits per heavy atom. The smallest absolute Gasteiger partial charge is 0.272 e. The van der Waals surface area contributed by atoms with Crippen LogP contribution in [-0.2, 0) is 4.74 Å². The summed E-state index contributed by atoms with van der Waals surface area (Å²) in [4.78, 5) is 28.4. The van der Waals surface area contributed by atoms with Gasteiger partial charge >= 0.3 is 0 Å². The first-order valence-electron chi connectivity index (χ1n) is 9.93. The van der Waals surface area contributed by atoms with Gasteiger partial charge in [0.2, 0.25) is 0 Å². The van der Waals surface area contributed by atoms with Gasteiger partial charge in [-0.05, 0) is 32.4 Å². The van der Waals surface area contributed by atoms with Crippen molar-refractivity contribution in [3.63, 3.8) is 0 Å². The maximum Gasteiger partial charge on any atom is 0.272 e. The molecule has 0 bridgehead atoms. The lowest BCUT2D eigenvalue weighted by molar-refractivity contribution is -0.0679. The molecule has 3 aromatic rings. The molecule has 0 radical (unpaired) electrons. The van der Waals surface area contributed by atoms with Crippen molar-refractivity contribution in [3.8, 4) is 10.7 Å². The molecule has 0 aliphatic carbocycles. The van der Waals surface area contributed by atoms with E-state index in [1.165, 1.54) is 11.3 Å². The Kier molecular flexibility index (Phi) is 6.13. The van der Waals surface area contributed by atoms with Gasteiger partial charge in [0.15, 0.2) is 5.69 Å². The van der Waals surface area contributed by atoms with Crippen molar-refractivity contribution in [2.45, 2.75) is 32.5 Å². The third-order valence-corrected chi connectivity index (χ3v) is 5.88. The van der Waals surface area contributed by atoms with Crippen LogP contribution in [0.25, 0.3) is 20.9 Å². The van der Waals surface area contributed by atoms with Gasteiger partial charge in [-0.25, -0.2) is 15.0 Å². The largest absolute Gasteiger partial charge is 0.373 e. The Morgan fingerprint density at radius 3 is 2.76 bits per heavy atom. The number of aromatic nitrogens is 3. The number of para-hydroxylation sites is 1. The molecule has 2 unspecified atom stereocenters. The average molecular weight is 412 g/mol. The van der Waals surface area contributed by atoms with Crippen molar-refractivity contribution >= 4 is 27.5 Å². The topological polar surface area (TPSA) is 80.2 Å². The third-order valence-electron chi connectivity index (χ3n) is 4.84. The molecule has 2 aromatic heterocycles. The zero-order chi connectivity index (χ0) is 20.2. The van der Waals surface area contributed by atoms with E-state index in [1.807, 2.05) is 24.3 Å². The molecule has 0 saturated carbocycles. The Hall–Kier alpha value is -2.42. The fraction of sp³-hybridized carbons (Fsp3) is 0.429. The van der Waals surface area contributed by atoms with E-state index in [9.17, 15) is 4.79 Å². The Balaban J connectivity index is 1.38. The van der Waals surface area contributed by atoms with E-state index in [2.05, 4.69) is 39.0 Å². The summed E-state index contributed by atoms with van der Waals surface area (Å²) in [6.07, 6.45) is 4.52. The van der Waals surface area contributed by atoms with Crippen molar-refractivity contribution in [2.24, 2.45) is 0 Å². The van der Waals surface area contributed by atoms with E-state index in [4.69, 9.17) is 4.74 Å². The van der Waals surface area contributed by atoms with Crippen LogP contribution < -0.4 is 5.32 Å². The number of fused-ring (bicyclic) bond motifs is 1. The molecule has 1 fully saturated rings. The van der Waals surface area contributed by atoms with Crippen molar-refractivity contribution in [1.82, 2.24) is 25.2 Å². The summed E-state index contributed by atoms with van der Waals surface area (Å²) in [5, 5.41) is 3.69. The molecule has 3 heterocycles. The number of carbonyl (C=O) groups excluding carboxylic acids is 1. The van der Waals surface area contributed by atoms with Gasteiger partial charge in [0.05, 0.1) is 22.4 Å². The van der Waals surface area contributed by atoms with E-state index in [0.717, 1.165) is 36.3 Å². The van der Waals surface area contributed by atoms with Gasteiger partial charge in [-0.15, -0.1) is 11.3 Å². The third kappa shape index (κ3) is 4.77. The van der Waals surface area contributed by atoms with E-state index in [0.29, 0.717) is 22.9 Å². The Labute approximate surface area is 174 Å². The molecule has 1 saturated heterocycles. The summed E-state index contributed by atoms with van der Waals surface area (Å²) in [6.45, 7) is 7.59. The molecule has 1 aromatic carbocycles. The van der Waals surface area contributed by atoms with Crippen LogP contribution in [0.5, 0.6) is 0 Å². The number of hydrogen-bond donors (Lipinski definition) is 1. The van der Waals surface area contributed by atoms with Crippen molar-refractivity contribution in [1.29, 1.82) is 0 Å². The lowest BCUT2D eigenvalue weighted by Crippen LogP contribution is -2.46. The van der Waals surface area contributed by atoms with Crippen molar-refractivity contribution in [2.75, 3.05) is 26.2 Å². The summed E-state index contributed by atoms with van der Waals surface area (Å²) < 4.78 is 6.83. The predicted octanol–water partition coefficient (Wildman–Crippen LogP) is 2.98. The lowest BCUT2D eigenvalue weighted by atomic mass is 10.2. The minimum absolute atomic E-state index is 0.212. The molecule has 1 aliphatic rings. The fourth-order valence-corrected chi connectivity index (χ4v) is 4.65. The number of benzene rings is 1. The maximum absolute atomic E-state index is 12.7. The van der Waals surface area contributed by atoms with Crippen LogP contribution in [0.4, 0.5) is 0 Å². The first-order valence-corrected chi connectivity index (χ1v) is 10.7. The van der Waals surface area contributed by atoms with Crippen molar-refractivity contribution < 1.29 is 9.53 Å². The van der Waals surface area contributed by atoms with Crippen molar-refractivity contribution in [3.05, 3.63) is 42.4 Å². The first kappa shape index (κ1) is 19.9. The number of carbonyl (C=O) groups is 1. The standard InChI is InChI=1S/C21H25N5O2S/c1-14-12-26(13-15(2)28-14)11-5-8-24-20(27)18-19(23-10-9-22-18)21-25-16-6-3-4-7-17(16)29-21/h3-4,6-7,9-10,14-15H,5,8,11-13H2,1-2H3,(H,24,27). The van der Waals surface area contributed by atoms with E-state index < -0.39 is 0 Å². The SMILES string of the molecule is CC1CN(CCCNC(=O)c2nccnc2-c2nc3ccccc3s2)CC(C)O1. The molecule has 0 spiro atoms. The number of nitrogens with zero attached hydrogens (tertiary/aromatic N) is 4. The number of hydrogen-bond acceptors (Lipinski definition) is 7. The molecular weight excluding hydrogens is 386 g/mol. The molecular formula is C21H25N5O2S. The van der Waals surface area contributed by atoms with Gasteiger partial charge in [-0.1, -0.05) is 12.1 Å². The summed E-state index contributed by atoms with van der Waals surface area (Å²) in [5.41, 5.74) is 1.75. The Morgan fingerprint density at radius 1 is 1.21 bits per heavy atom. The Bertz CT molecular complexity index is 949. The second kappa shape index (κ2) is 8.94. The number of morpholine rings is 1. The molecule has 1 amide bonds. The van der Waals surface area contributed by atoms with Gasteiger partial charge in [-0.3, -0.25) is 9.69 Å². The zero-order valence-corrected chi connectivity index (χ0v) is 17.5. The lowest BCUT2D eigenvalue weighted by Gasteiger charge is -2.35. The van der Waals surface area contributed by atoms with Crippen LogP contribution in [-0.4, -0.2) is 64.1 Å². The second-order valence-corrected chi connectivity index (χ2v) is 8.40. The quantitative estimate of drug-likeness (QED) is 0.628. The van der Waals surface area contributed by atoms with Crippen LogP contribution in [0, 0.1) is 0 Å². The summed E-state index contributed by atoms with van der Waals surface area (Å²) >= 11 is 1.52. The highest BCUT2D eigenvalue weighted by Gasteiger charge is 2.22. The molecule has 4 rings (SSSR count). The summed E-state index contributed by atoms with van der Waals surface area (Å²) in [6, 6.07) is 7.90. The number of thiazole rings is 1. The van der Waals surface area contributed by atoms with Crippen LogP contribution >= 0.6 is 11.3 Å². The second-order valence-electron chi connectivity index (χ2n) is 7.37. The van der Waals surface area contributed by atoms with Crippen LogP contribution in [0.1, 0.15) is 30.8 Å². The van der Waals surface area contributed by atoms with Crippen LogP contribution in [0.3, 0.4) is 0 Å². The molecule has 7 nitrogen and oxygen atoms in total. The summed E-state index contributed by atoms with van der Waals surface area (Å²) in [7, 11) is 0. The highest BCUT2D eigenvalue weighted by molar-refractivity contribution is 7.21. The molecule has 8 heteroatoms. The van der Waals surface area contributed by atoms with Gasteiger partial charge in [0.1, 0.15) is 10.7 Å². The molecule has 29 heavy (non-hydrogen) atoms. The van der Waals surface area contributed by atoms with Gasteiger partial charge in [0, 0.05) is 38.6 Å². The van der Waals surface area contributed by atoms with Gasteiger partial charge in [-0.2, -0.15) is 0 Å². The highest BCUT2D eigenvalue weighted by Crippen LogP contribution is 2.29. The molecule has 2 atom stereocenters. The van der Waals surface area contributed by atoms with Gasteiger partial charge < -0.3 is 10.1 Å². The first-order chi connectivity index (χ1) is 14.1. The number of rotatable bonds is 6. The predicted molar refractivity (Wildman–Crippen MR) is 114 cm³/mol. The van der Waals surface area contributed by atoms with Gasteiger partial charge in [0.25, 0.3) is 5.91 Å². The van der Waals surface area contributed by atoms with E-state index >= 15 is 0 Å². The fourth-order valence-electron chi connectivity index (χ4n) is 3.69. The number of nitrogens with one attached hydrogen (secondary N) is 1. The average Bonchev–Trinajstić information content (AvgIpc) is 3.14. The number of ether oxygens (including phenoxy) is 1. The summed E-state index contributed by atoms with van der Waals surface area (Å²) in [5.74, 6) is -0.212. The normalized spacial score (nSPS) is 20.1. The monoisotopic (exact) mass is 411 g/mol. The molecule has 152 valence electrons. The van der Waals surface area contributed by atoms with E-state index in [-0.39, 0.29) is 18.1 Å². The van der Waals surface area contributed by atoms with Crippen LogP contribution in [0.2, 0.25) is 0 Å². The zero-order valence-electron chi connectivity index (χ0n) is 16.7. The molecule has 1 aliphatic heterocycles. The number of amides is 1. The highest BCUT2D eigenvalue weighted by atomic mass is 32.1. The minimum atomic E-state index is -0.212. The minimum Gasteiger partial charge on any atom is -0.373 e. The van der Waals surface area contributed by atoms with E-state index in [1.54, 1.807) is 12.4 Å².